The molecule has 1 aromatic rings. The molecule has 2 aliphatic heterocycles. The van der Waals surface area contributed by atoms with Crippen LogP contribution in [-0.4, -0.2) is 48.1 Å². The van der Waals surface area contributed by atoms with Gasteiger partial charge in [-0.15, -0.1) is 12.4 Å². The van der Waals surface area contributed by atoms with Crippen LogP contribution < -0.4 is 5.32 Å². The summed E-state index contributed by atoms with van der Waals surface area (Å²) in [4.78, 5) is 18.7. The number of ether oxygens (including phenoxy) is 1. The standard InChI is InChI=1S/C15H21N3O2.ClH/c19-15(9-13-11-20-8-6-17-13)18-7-2-4-14(18)12-3-1-5-16-10-12;/h1,3,5,10,13-14,17H,2,4,6-9,11H2;1H. The second-order valence-electron chi connectivity index (χ2n) is 5.46. The van der Waals surface area contributed by atoms with E-state index in [1.807, 2.05) is 17.2 Å². The fourth-order valence-corrected chi connectivity index (χ4v) is 3.06. The molecule has 1 amide bonds. The maximum absolute atomic E-state index is 12.5. The number of carbonyl (C=O) groups is 1. The van der Waals surface area contributed by atoms with Gasteiger partial charge in [-0.2, -0.15) is 0 Å². The van der Waals surface area contributed by atoms with Crippen LogP contribution in [0.4, 0.5) is 0 Å². The molecule has 0 saturated carbocycles. The van der Waals surface area contributed by atoms with E-state index in [0.29, 0.717) is 13.0 Å². The zero-order valence-electron chi connectivity index (χ0n) is 12.0. The molecule has 2 unspecified atom stereocenters. The maximum atomic E-state index is 12.5. The summed E-state index contributed by atoms with van der Waals surface area (Å²) >= 11 is 0. The third-order valence-electron chi connectivity index (χ3n) is 4.06. The third kappa shape index (κ3) is 3.93. The van der Waals surface area contributed by atoms with E-state index in [-0.39, 0.29) is 30.4 Å². The number of aromatic nitrogens is 1. The van der Waals surface area contributed by atoms with Gasteiger partial charge in [0.15, 0.2) is 0 Å². The second kappa shape index (κ2) is 7.73. The molecule has 0 bridgehead atoms. The van der Waals surface area contributed by atoms with Crippen molar-refractivity contribution < 1.29 is 9.53 Å². The van der Waals surface area contributed by atoms with E-state index in [2.05, 4.69) is 16.4 Å². The van der Waals surface area contributed by atoms with Crippen molar-refractivity contribution in [2.75, 3.05) is 26.3 Å². The number of nitrogens with one attached hydrogen (secondary N) is 1. The Hall–Kier alpha value is -1.17. The number of halogens is 1. The minimum Gasteiger partial charge on any atom is -0.378 e. The minimum absolute atomic E-state index is 0. The first kappa shape index (κ1) is 16.2. The molecule has 21 heavy (non-hydrogen) atoms. The van der Waals surface area contributed by atoms with Gasteiger partial charge in [0.05, 0.1) is 19.3 Å². The van der Waals surface area contributed by atoms with Crippen LogP contribution >= 0.6 is 12.4 Å². The first-order chi connectivity index (χ1) is 9.84. The van der Waals surface area contributed by atoms with Gasteiger partial charge in [-0.3, -0.25) is 9.78 Å². The molecule has 1 N–H and O–H groups in total. The highest BCUT2D eigenvalue weighted by Gasteiger charge is 2.31. The van der Waals surface area contributed by atoms with Gasteiger partial charge in [0, 0.05) is 37.9 Å². The topological polar surface area (TPSA) is 54.5 Å². The van der Waals surface area contributed by atoms with Gasteiger partial charge >= 0.3 is 0 Å². The average molecular weight is 312 g/mol. The summed E-state index contributed by atoms with van der Waals surface area (Å²) in [7, 11) is 0. The number of hydrogen-bond acceptors (Lipinski definition) is 4. The van der Waals surface area contributed by atoms with E-state index in [1.165, 1.54) is 0 Å². The number of hydrogen-bond donors (Lipinski definition) is 1. The predicted octanol–water partition coefficient (Wildman–Crippen LogP) is 1.55. The van der Waals surface area contributed by atoms with Gasteiger partial charge in [-0.1, -0.05) is 6.07 Å². The molecule has 0 aliphatic carbocycles. The first-order valence-electron chi connectivity index (χ1n) is 7.35. The number of morpholine rings is 1. The van der Waals surface area contributed by atoms with E-state index >= 15 is 0 Å². The number of nitrogens with zero attached hydrogens (tertiary/aromatic N) is 2. The molecule has 0 radical (unpaired) electrons. The van der Waals surface area contributed by atoms with Crippen LogP contribution in [0.15, 0.2) is 24.5 Å². The van der Waals surface area contributed by atoms with Gasteiger partial charge in [0.1, 0.15) is 0 Å². The van der Waals surface area contributed by atoms with Gasteiger partial charge in [-0.05, 0) is 24.5 Å². The average Bonchev–Trinajstić information content (AvgIpc) is 2.99. The first-order valence-corrected chi connectivity index (χ1v) is 7.35. The Morgan fingerprint density at radius 1 is 1.52 bits per heavy atom. The van der Waals surface area contributed by atoms with Crippen molar-refractivity contribution in [1.29, 1.82) is 0 Å². The highest BCUT2D eigenvalue weighted by molar-refractivity contribution is 5.85. The zero-order valence-corrected chi connectivity index (χ0v) is 12.8. The Bertz CT molecular complexity index is 451. The molecule has 2 saturated heterocycles. The highest BCUT2D eigenvalue weighted by Crippen LogP contribution is 2.32. The van der Waals surface area contributed by atoms with Crippen LogP contribution in [0.1, 0.15) is 30.9 Å². The monoisotopic (exact) mass is 311 g/mol. The summed E-state index contributed by atoms with van der Waals surface area (Å²) in [6, 6.07) is 4.35. The summed E-state index contributed by atoms with van der Waals surface area (Å²) < 4.78 is 5.41. The lowest BCUT2D eigenvalue weighted by molar-refractivity contribution is -0.133. The van der Waals surface area contributed by atoms with Crippen molar-refractivity contribution >= 4 is 18.3 Å². The molecule has 3 rings (SSSR count). The quantitative estimate of drug-likeness (QED) is 0.920. The molecule has 5 nitrogen and oxygen atoms in total. The molecule has 0 aromatic carbocycles. The Labute approximate surface area is 131 Å². The molecule has 3 heterocycles. The van der Waals surface area contributed by atoms with Gasteiger partial charge in [-0.25, -0.2) is 0 Å². The number of rotatable bonds is 3. The second-order valence-corrected chi connectivity index (χ2v) is 5.46. The fourth-order valence-electron chi connectivity index (χ4n) is 3.06. The molecule has 116 valence electrons. The van der Waals surface area contributed by atoms with Crippen molar-refractivity contribution in [3.8, 4) is 0 Å². The van der Waals surface area contributed by atoms with E-state index in [4.69, 9.17) is 4.74 Å². The number of amides is 1. The molecular formula is C15H22ClN3O2. The molecule has 1 aromatic heterocycles. The molecule has 2 fully saturated rings. The molecule has 6 heteroatoms. The SMILES string of the molecule is Cl.O=C(CC1COCCN1)N1CCCC1c1cccnc1. The highest BCUT2D eigenvalue weighted by atomic mass is 35.5. The van der Waals surface area contributed by atoms with Gasteiger partial charge < -0.3 is 15.0 Å². The van der Waals surface area contributed by atoms with E-state index in [9.17, 15) is 4.79 Å². The van der Waals surface area contributed by atoms with E-state index < -0.39 is 0 Å². The molecular weight excluding hydrogens is 290 g/mol. The Balaban J connectivity index is 0.00000161. The Kier molecular flexibility index (Phi) is 5.96. The van der Waals surface area contributed by atoms with Gasteiger partial charge in [0.2, 0.25) is 5.91 Å². The lowest BCUT2D eigenvalue weighted by Gasteiger charge is -2.29. The van der Waals surface area contributed by atoms with Crippen molar-refractivity contribution in [3.63, 3.8) is 0 Å². The lowest BCUT2D eigenvalue weighted by atomic mass is 10.1. The Morgan fingerprint density at radius 3 is 3.14 bits per heavy atom. The van der Waals surface area contributed by atoms with Crippen LogP contribution in [0, 0.1) is 0 Å². The van der Waals surface area contributed by atoms with Crippen molar-refractivity contribution in [2.45, 2.75) is 31.3 Å². The van der Waals surface area contributed by atoms with Crippen LogP contribution in [-0.2, 0) is 9.53 Å². The number of pyridine rings is 1. The third-order valence-corrected chi connectivity index (χ3v) is 4.06. The number of carbonyl (C=O) groups excluding carboxylic acids is 1. The molecule has 2 atom stereocenters. The maximum Gasteiger partial charge on any atom is 0.224 e. The summed E-state index contributed by atoms with van der Waals surface area (Å²) in [6.45, 7) is 3.07. The van der Waals surface area contributed by atoms with Crippen LogP contribution in [0.2, 0.25) is 0 Å². The summed E-state index contributed by atoms with van der Waals surface area (Å²) in [5.74, 6) is 0.222. The predicted molar refractivity (Wildman–Crippen MR) is 82.4 cm³/mol. The Morgan fingerprint density at radius 2 is 2.43 bits per heavy atom. The van der Waals surface area contributed by atoms with Crippen LogP contribution in [0.3, 0.4) is 0 Å². The zero-order chi connectivity index (χ0) is 13.8. The fraction of sp³-hybridized carbons (Fsp3) is 0.600. The van der Waals surface area contributed by atoms with Crippen LogP contribution in [0.25, 0.3) is 0 Å². The summed E-state index contributed by atoms with van der Waals surface area (Å²) in [5, 5.41) is 3.34. The van der Waals surface area contributed by atoms with E-state index in [0.717, 1.165) is 38.1 Å². The smallest absolute Gasteiger partial charge is 0.224 e. The lowest BCUT2D eigenvalue weighted by Crippen LogP contribution is -2.45. The minimum atomic E-state index is 0. The summed E-state index contributed by atoms with van der Waals surface area (Å²) in [6.07, 6.45) is 6.27. The van der Waals surface area contributed by atoms with Crippen molar-refractivity contribution in [1.82, 2.24) is 15.2 Å². The van der Waals surface area contributed by atoms with E-state index in [1.54, 1.807) is 6.20 Å². The van der Waals surface area contributed by atoms with Crippen LogP contribution in [0.5, 0.6) is 0 Å². The molecule has 2 aliphatic rings. The van der Waals surface area contributed by atoms with Gasteiger partial charge in [0.25, 0.3) is 0 Å². The van der Waals surface area contributed by atoms with Crippen molar-refractivity contribution in [3.05, 3.63) is 30.1 Å². The molecule has 0 spiro atoms. The normalized spacial score (nSPS) is 25.4. The largest absolute Gasteiger partial charge is 0.378 e. The number of likely N-dealkylation sites (tertiary alicyclic amines) is 1. The van der Waals surface area contributed by atoms with Crippen molar-refractivity contribution in [2.24, 2.45) is 0 Å². The summed E-state index contributed by atoms with van der Waals surface area (Å²) in [5.41, 5.74) is 1.14.